The molecule has 5 rings (SSSR count). The Morgan fingerprint density at radius 1 is 0.975 bits per heavy atom. The van der Waals surface area contributed by atoms with Crippen molar-refractivity contribution in [1.82, 2.24) is 19.9 Å². The number of hydrogen-bond donors (Lipinski definition) is 2. The highest BCUT2D eigenvalue weighted by Crippen LogP contribution is 2.41. The molecule has 0 aliphatic heterocycles. The fourth-order valence-electron chi connectivity index (χ4n) is 6.19. The summed E-state index contributed by atoms with van der Waals surface area (Å²) < 4.78 is 41.5. The topological polar surface area (TPSA) is 116 Å². The van der Waals surface area contributed by atoms with E-state index < -0.39 is 29.6 Å². The summed E-state index contributed by atoms with van der Waals surface area (Å²) in [4.78, 5) is 34.6. The Hall–Kier alpha value is -3.76. The van der Waals surface area contributed by atoms with Crippen molar-refractivity contribution in [3.8, 4) is 23.1 Å². The molecule has 214 valence electrons. The molecule has 1 atom stereocenters. The second-order valence-electron chi connectivity index (χ2n) is 10.7. The van der Waals surface area contributed by atoms with Crippen LogP contribution in [0.25, 0.3) is 22.4 Å². The number of benzene rings is 1. The van der Waals surface area contributed by atoms with Gasteiger partial charge in [0.25, 0.3) is 0 Å². The average Bonchev–Trinajstić information content (AvgIpc) is 3.31. The third-order valence-corrected chi connectivity index (χ3v) is 8.28. The van der Waals surface area contributed by atoms with Crippen LogP contribution in [0.2, 0.25) is 0 Å². The molecule has 40 heavy (non-hydrogen) atoms. The number of pyridine rings is 1. The SMILES string of the molecule is COc1ccc(-c2nc3cc(F)c(F)cc3n2C(C(=O)NC2CCC(C(=O)O)CC2)C2CCCCC2)c(OC)n1. The summed E-state index contributed by atoms with van der Waals surface area (Å²) in [6.45, 7) is 0. The van der Waals surface area contributed by atoms with E-state index in [0.29, 0.717) is 48.5 Å². The molecule has 2 aromatic heterocycles. The van der Waals surface area contributed by atoms with Gasteiger partial charge in [-0.3, -0.25) is 9.59 Å². The highest BCUT2D eigenvalue weighted by Gasteiger charge is 2.37. The number of hydrogen-bond acceptors (Lipinski definition) is 6. The minimum atomic E-state index is -1.03. The zero-order valence-electron chi connectivity index (χ0n) is 22.7. The monoisotopic (exact) mass is 556 g/mol. The smallest absolute Gasteiger partial charge is 0.306 e. The first-order valence-corrected chi connectivity index (χ1v) is 13.8. The number of ether oxygens (including phenoxy) is 2. The Kier molecular flexibility index (Phi) is 8.18. The number of carbonyl (C=O) groups is 2. The van der Waals surface area contributed by atoms with Gasteiger partial charge in [-0.05, 0) is 50.5 Å². The van der Waals surface area contributed by atoms with E-state index in [1.165, 1.54) is 14.2 Å². The number of halogens is 2. The molecule has 11 heteroatoms. The molecule has 3 aromatic rings. The van der Waals surface area contributed by atoms with Crippen molar-refractivity contribution in [2.45, 2.75) is 69.9 Å². The van der Waals surface area contributed by atoms with Crippen LogP contribution in [0, 0.1) is 23.5 Å². The fraction of sp³-hybridized carbons (Fsp3) is 0.517. The van der Waals surface area contributed by atoms with Gasteiger partial charge < -0.3 is 24.5 Å². The first kappa shape index (κ1) is 27.8. The van der Waals surface area contributed by atoms with Gasteiger partial charge in [0.05, 0.1) is 36.7 Å². The summed E-state index contributed by atoms with van der Waals surface area (Å²) in [6, 6.07) is 4.55. The van der Waals surface area contributed by atoms with Crippen molar-refractivity contribution in [3.63, 3.8) is 0 Å². The summed E-state index contributed by atoms with van der Waals surface area (Å²) in [5.74, 6) is -2.75. The van der Waals surface area contributed by atoms with Crippen LogP contribution in [0.15, 0.2) is 24.3 Å². The minimum Gasteiger partial charge on any atom is -0.481 e. The summed E-state index contributed by atoms with van der Waals surface area (Å²) >= 11 is 0. The maximum Gasteiger partial charge on any atom is 0.306 e. The summed E-state index contributed by atoms with van der Waals surface area (Å²) in [7, 11) is 2.94. The average molecular weight is 557 g/mol. The number of carboxylic acid groups (broad SMARTS) is 1. The summed E-state index contributed by atoms with van der Waals surface area (Å²) in [5, 5.41) is 12.5. The lowest BCUT2D eigenvalue weighted by Crippen LogP contribution is -2.44. The van der Waals surface area contributed by atoms with Crippen molar-refractivity contribution < 1.29 is 33.0 Å². The lowest BCUT2D eigenvalue weighted by atomic mass is 9.82. The van der Waals surface area contributed by atoms with Gasteiger partial charge in [-0.1, -0.05) is 19.3 Å². The summed E-state index contributed by atoms with van der Waals surface area (Å²) in [6.07, 6.45) is 6.68. The van der Waals surface area contributed by atoms with Crippen molar-refractivity contribution in [2.24, 2.45) is 11.8 Å². The molecule has 0 radical (unpaired) electrons. The molecule has 2 heterocycles. The molecule has 2 N–H and O–H groups in total. The maximum atomic E-state index is 14.6. The standard InChI is InChI=1S/C29H34F2N4O5/c1-39-24-13-12-19(28(34-24)40-2)26-33-22-14-20(30)21(31)15-23(22)35(26)25(16-6-4-3-5-7-16)27(36)32-18-10-8-17(9-11-18)29(37)38/h12-18,25H,3-11H2,1-2H3,(H,32,36)(H,37,38). The van der Waals surface area contributed by atoms with E-state index in [1.54, 1.807) is 16.7 Å². The highest BCUT2D eigenvalue weighted by molar-refractivity contribution is 5.88. The van der Waals surface area contributed by atoms with E-state index in [1.807, 2.05) is 0 Å². The number of amides is 1. The van der Waals surface area contributed by atoms with Gasteiger partial charge in [-0.2, -0.15) is 4.98 Å². The van der Waals surface area contributed by atoms with Gasteiger partial charge in [-0.25, -0.2) is 13.8 Å². The molecule has 9 nitrogen and oxygen atoms in total. The lowest BCUT2D eigenvalue weighted by molar-refractivity contribution is -0.142. The van der Waals surface area contributed by atoms with Gasteiger partial charge in [0.1, 0.15) is 11.9 Å². The molecular formula is C29H34F2N4O5. The van der Waals surface area contributed by atoms with E-state index in [4.69, 9.17) is 9.47 Å². The quantitative estimate of drug-likeness (QED) is 0.388. The van der Waals surface area contributed by atoms with Crippen LogP contribution in [-0.2, 0) is 9.59 Å². The van der Waals surface area contributed by atoms with E-state index in [9.17, 15) is 23.5 Å². The van der Waals surface area contributed by atoms with E-state index in [0.717, 1.165) is 44.2 Å². The molecular weight excluding hydrogens is 522 g/mol. The fourth-order valence-corrected chi connectivity index (χ4v) is 6.19. The number of methoxy groups -OCH3 is 2. The molecule has 0 bridgehead atoms. The third-order valence-electron chi connectivity index (χ3n) is 8.28. The number of carbonyl (C=O) groups excluding carboxylic acids is 1. The van der Waals surface area contributed by atoms with Crippen molar-refractivity contribution in [3.05, 3.63) is 35.9 Å². The molecule has 2 saturated carbocycles. The van der Waals surface area contributed by atoms with Crippen LogP contribution in [0.4, 0.5) is 8.78 Å². The van der Waals surface area contributed by atoms with Crippen LogP contribution >= 0.6 is 0 Å². The molecule has 2 aliphatic carbocycles. The number of aromatic nitrogens is 3. The predicted molar refractivity (Wildman–Crippen MR) is 143 cm³/mol. The number of fused-ring (bicyclic) bond motifs is 1. The van der Waals surface area contributed by atoms with Crippen LogP contribution in [0.1, 0.15) is 63.8 Å². The van der Waals surface area contributed by atoms with Crippen LogP contribution in [0.5, 0.6) is 11.8 Å². The lowest BCUT2D eigenvalue weighted by Gasteiger charge is -2.34. The van der Waals surface area contributed by atoms with E-state index in [-0.39, 0.29) is 29.3 Å². The van der Waals surface area contributed by atoms with Gasteiger partial charge in [0.2, 0.25) is 17.7 Å². The van der Waals surface area contributed by atoms with Gasteiger partial charge in [0.15, 0.2) is 11.6 Å². The van der Waals surface area contributed by atoms with Crippen LogP contribution in [-0.4, -0.2) is 51.8 Å². The van der Waals surface area contributed by atoms with Crippen molar-refractivity contribution in [2.75, 3.05) is 14.2 Å². The van der Waals surface area contributed by atoms with E-state index in [2.05, 4.69) is 15.3 Å². The second-order valence-corrected chi connectivity index (χ2v) is 10.7. The molecule has 2 aliphatic rings. The first-order chi connectivity index (χ1) is 19.3. The Labute approximate surface area is 230 Å². The van der Waals surface area contributed by atoms with E-state index >= 15 is 0 Å². The Bertz CT molecular complexity index is 1400. The molecule has 1 aromatic carbocycles. The zero-order chi connectivity index (χ0) is 28.4. The largest absolute Gasteiger partial charge is 0.481 e. The van der Waals surface area contributed by atoms with Crippen LogP contribution < -0.4 is 14.8 Å². The third kappa shape index (κ3) is 5.46. The maximum absolute atomic E-state index is 14.6. The normalized spacial score (nSPS) is 20.7. The zero-order valence-corrected chi connectivity index (χ0v) is 22.7. The summed E-state index contributed by atoms with van der Waals surface area (Å²) in [5.41, 5.74) is 0.963. The number of rotatable bonds is 8. The van der Waals surface area contributed by atoms with Gasteiger partial charge in [0, 0.05) is 24.2 Å². The molecule has 1 amide bonds. The Morgan fingerprint density at radius 3 is 2.33 bits per heavy atom. The van der Waals surface area contributed by atoms with Crippen LogP contribution in [0.3, 0.4) is 0 Å². The van der Waals surface area contributed by atoms with Crippen molar-refractivity contribution in [1.29, 1.82) is 0 Å². The molecule has 0 spiro atoms. The highest BCUT2D eigenvalue weighted by atomic mass is 19.2. The van der Waals surface area contributed by atoms with Crippen molar-refractivity contribution >= 4 is 22.9 Å². The number of imidazole rings is 1. The second kappa shape index (κ2) is 11.8. The number of nitrogens with one attached hydrogen (secondary N) is 1. The number of carboxylic acids is 1. The number of nitrogens with zero attached hydrogens (tertiary/aromatic N) is 3. The molecule has 2 fully saturated rings. The van der Waals surface area contributed by atoms with Gasteiger partial charge >= 0.3 is 5.97 Å². The Balaban J connectivity index is 1.62. The first-order valence-electron chi connectivity index (χ1n) is 13.8. The minimum absolute atomic E-state index is 0.0643. The molecule has 0 saturated heterocycles. The van der Waals surface area contributed by atoms with Gasteiger partial charge in [-0.15, -0.1) is 0 Å². The Morgan fingerprint density at radius 2 is 1.68 bits per heavy atom. The predicted octanol–water partition coefficient (Wildman–Crippen LogP) is 5.27. The molecule has 1 unspecified atom stereocenters. The number of aliphatic carboxylic acids is 1.